The number of fused-ring (bicyclic) bond motifs is 1. The van der Waals surface area contributed by atoms with Gasteiger partial charge in [-0.3, -0.25) is 9.36 Å². The number of aliphatic carboxylic acids is 1. The summed E-state index contributed by atoms with van der Waals surface area (Å²) in [6.45, 7) is -0.0754. The average molecular weight is 219 g/mol. The van der Waals surface area contributed by atoms with Gasteiger partial charge in [-0.1, -0.05) is 12.1 Å². The maximum atomic E-state index is 10.8. The summed E-state index contributed by atoms with van der Waals surface area (Å²) in [5.41, 5.74) is 1.65. The first kappa shape index (κ1) is 10.5. The topological polar surface area (TPSA) is 58.4 Å². The Bertz CT molecular complexity index is 531. The Morgan fingerprint density at radius 3 is 2.75 bits per heavy atom. The van der Waals surface area contributed by atoms with Crippen molar-refractivity contribution in [1.29, 1.82) is 0 Å². The minimum atomic E-state index is -0.869. The van der Waals surface area contributed by atoms with Crippen LogP contribution in [0.1, 0.15) is 0 Å². The fourth-order valence-electron chi connectivity index (χ4n) is 1.70. The third-order valence-corrected chi connectivity index (χ3v) is 2.33. The molecule has 0 saturated carbocycles. The van der Waals surface area contributed by atoms with Crippen molar-refractivity contribution in [3.05, 3.63) is 24.3 Å². The number of carboxylic acid groups (broad SMARTS) is 1. The van der Waals surface area contributed by atoms with Gasteiger partial charge in [0.25, 0.3) is 0 Å². The second-order valence-corrected chi connectivity index (χ2v) is 3.77. The van der Waals surface area contributed by atoms with Crippen molar-refractivity contribution in [2.24, 2.45) is 0 Å². The van der Waals surface area contributed by atoms with E-state index in [1.165, 1.54) is 0 Å². The van der Waals surface area contributed by atoms with Gasteiger partial charge in [0, 0.05) is 14.1 Å². The number of carbonyl (C=O) groups is 1. The summed E-state index contributed by atoms with van der Waals surface area (Å²) in [4.78, 5) is 17.0. The van der Waals surface area contributed by atoms with Crippen LogP contribution in [-0.2, 0) is 11.3 Å². The summed E-state index contributed by atoms with van der Waals surface area (Å²) >= 11 is 0. The Labute approximate surface area is 92.9 Å². The first-order valence-corrected chi connectivity index (χ1v) is 4.94. The Morgan fingerprint density at radius 2 is 2.12 bits per heavy atom. The molecule has 5 nitrogen and oxygen atoms in total. The van der Waals surface area contributed by atoms with Crippen molar-refractivity contribution >= 4 is 23.0 Å². The highest BCUT2D eigenvalue weighted by molar-refractivity contribution is 5.81. The lowest BCUT2D eigenvalue weighted by molar-refractivity contribution is -0.137. The zero-order chi connectivity index (χ0) is 11.7. The molecule has 0 aliphatic heterocycles. The number of rotatable bonds is 3. The van der Waals surface area contributed by atoms with Gasteiger partial charge in [0.15, 0.2) is 0 Å². The van der Waals surface area contributed by atoms with Crippen molar-refractivity contribution in [2.75, 3.05) is 19.0 Å². The van der Waals surface area contributed by atoms with E-state index in [0.29, 0.717) is 5.95 Å². The number of aromatic nitrogens is 2. The molecule has 0 aliphatic carbocycles. The SMILES string of the molecule is CN(C)c1nc2ccccc2n1CC(=O)O. The van der Waals surface area contributed by atoms with E-state index in [1.807, 2.05) is 43.3 Å². The van der Waals surface area contributed by atoms with Crippen molar-refractivity contribution in [2.45, 2.75) is 6.54 Å². The number of imidazole rings is 1. The average Bonchev–Trinajstić information content (AvgIpc) is 2.57. The van der Waals surface area contributed by atoms with Crippen LogP contribution in [-0.4, -0.2) is 34.7 Å². The van der Waals surface area contributed by atoms with Crippen LogP contribution in [0.15, 0.2) is 24.3 Å². The molecule has 2 rings (SSSR count). The fourth-order valence-corrected chi connectivity index (χ4v) is 1.70. The Balaban J connectivity index is 2.64. The second-order valence-electron chi connectivity index (χ2n) is 3.77. The smallest absolute Gasteiger partial charge is 0.323 e. The summed E-state index contributed by atoms with van der Waals surface area (Å²) in [7, 11) is 3.69. The van der Waals surface area contributed by atoms with E-state index < -0.39 is 5.97 Å². The first-order valence-electron chi connectivity index (χ1n) is 4.94. The molecule has 0 aliphatic rings. The number of hydrogen-bond donors (Lipinski definition) is 1. The normalized spacial score (nSPS) is 10.6. The zero-order valence-corrected chi connectivity index (χ0v) is 9.21. The molecule has 16 heavy (non-hydrogen) atoms. The van der Waals surface area contributed by atoms with Gasteiger partial charge in [0.05, 0.1) is 11.0 Å². The summed E-state index contributed by atoms with van der Waals surface area (Å²) < 4.78 is 1.69. The fraction of sp³-hybridized carbons (Fsp3) is 0.273. The Hall–Kier alpha value is -2.04. The van der Waals surface area contributed by atoms with Gasteiger partial charge in [-0.05, 0) is 12.1 Å². The van der Waals surface area contributed by atoms with Gasteiger partial charge in [-0.25, -0.2) is 4.98 Å². The van der Waals surface area contributed by atoms with Crippen molar-refractivity contribution in [3.63, 3.8) is 0 Å². The van der Waals surface area contributed by atoms with Gasteiger partial charge >= 0.3 is 5.97 Å². The lowest BCUT2D eigenvalue weighted by Crippen LogP contribution is -2.18. The van der Waals surface area contributed by atoms with Crippen LogP contribution < -0.4 is 4.90 Å². The van der Waals surface area contributed by atoms with Crippen LogP contribution in [0, 0.1) is 0 Å². The van der Waals surface area contributed by atoms with Crippen LogP contribution in [0.4, 0.5) is 5.95 Å². The van der Waals surface area contributed by atoms with E-state index >= 15 is 0 Å². The number of anilines is 1. The van der Waals surface area contributed by atoms with Crippen molar-refractivity contribution in [1.82, 2.24) is 9.55 Å². The molecule has 0 atom stereocenters. The molecule has 0 radical (unpaired) electrons. The zero-order valence-electron chi connectivity index (χ0n) is 9.21. The van der Waals surface area contributed by atoms with E-state index in [0.717, 1.165) is 11.0 Å². The molecule has 0 spiro atoms. The molecule has 1 aromatic heterocycles. The number of nitrogens with zero attached hydrogens (tertiary/aromatic N) is 3. The maximum Gasteiger partial charge on any atom is 0.323 e. The van der Waals surface area contributed by atoms with Gasteiger partial charge in [-0.15, -0.1) is 0 Å². The molecule has 1 aromatic carbocycles. The lowest BCUT2D eigenvalue weighted by atomic mass is 10.3. The maximum absolute atomic E-state index is 10.8. The van der Waals surface area contributed by atoms with Crippen molar-refractivity contribution < 1.29 is 9.90 Å². The predicted molar refractivity (Wildman–Crippen MR) is 61.7 cm³/mol. The van der Waals surface area contributed by atoms with Crippen molar-refractivity contribution in [3.8, 4) is 0 Å². The second kappa shape index (κ2) is 3.84. The summed E-state index contributed by atoms with van der Waals surface area (Å²) in [6.07, 6.45) is 0. The summed E-state index contributed by atoms with van der Waals surface area (Å²) in [5.74, 6) is -0.213. The molecule has 84 valence electrons. The quantitative estimate of drug-likeness (QED) is 0.842. The minimum absolute atomic E-state index is 0.0754. The first-order chi connectivity index (χ1) is 7.59. The van der Waals surface area contributed by atoms with Gasteiger partial charge in [0.2, 0.25) is 5.95 Å². The summed E-state index contributed by atoms with van der Waals surface area (Å²) in [5, 5.41) is 8.88. The molecule has 0 bridgehead atoms. The molecule has 5 heteroatoms. The van der Waals surface area contributed by atoms with Crippen LogP contribution in [0.3, 0.4) is 0 Å². The van der Waals surface area contributed by atoms with E-state index in [1.54, 1.807) is 4.57 Å². The number of hydrogen-bond acceptors (Lipinski definition) is 3. The van der Waals surface area contributed by atoms with Gasteiger partial charge in [-0.2, -0.15) is 0 Å². The van der Waals surface area contributed by atoms with Crippen LogP contribution >= 0.6 is 0 Å². The van der Waals surface area contributed by atoms with Gasteiger partial charge in [0.1, 0.15) is 6.54 Å². The van der Waals surface area contributed by atoms with Crippen LogP contribution in [0.2, 0.25) is 0 Å². The highest BCUT2D eigenvalue weighted by Gasteiger charge is 2.13. The molecular weight excluding hydrogens is 206 g/mol. The molecule has 1 heterocycles. The highest BCUT2D eigenvalue weighted by atomic mass is 16.4. The molecule has 0 saturated heterocycles. The molecule has 2 aromatic rings. The molecule has 0 amide bonds. The third-order valence-electron chi connectivity index (χ3n) is 2.33. The molecular formula is C11H13N3O2. The molecule has 1 N–H and O–H groups in total. The van der Waals surface area contributed by atoms with Crippen LogP contribution in [0.25, 0.3) is 11.0 Å². The van der Waals surface area contributed by atoms with E-state index in [2.05, 4.69) is 4.98 Å². The van der Waals surface area contributed by atoms with E-state index in [4.69, 9.17) is 5.11 Å². The van der Waals surface area contributed by atoms with Gasteiger partial charge < -0.3 is 10.0 Å². The molecule has 0 unspecified atom stereocenters. The lowest BCUT2D eigenvalue weighted by Gasteiger charge is -2.13. The highest BCUT2D eigenvalue weighted by Crippen LogP contribution is 2.20. The third kappa shape index (κ3) is 1.71. The van der Waals surface area contributed by atoms with Crippen LogP contribution in [0.5, 0.6) is 0 Å². The largest absolute Gasteiger partial charge is 0.480 e. The monoisotopic (exact) mass is 219 g/mol. The number of para-hydroxylation sites is 2. The number of benzene rings is 1. The van der Waals surface area contributed by atoms with E-state index in [-0.39, 0.29) is 6.54 Å². The summed E-state index contributed by atoms with van der Waals surface area (Å²) in [6, 6.07) is 7.51. The standard InChI is InChI=1S/C11H13N3O2/c1-13(2)11-12-8-5-3-4-6-9(8)14(11)7-10(15)16/h3-6H,7H2,1-2H3,(H,15,16). The molecule has 0 fully saturated rings. The minimum Gasteiger partial charge on any atom is -0.480 e. The predicted octanol–water partition coefficient (Wildman–Crippen LogP) is 1.19. The van der Waals surface area contributed by atoms with E-state index in [9.17, 15) is 4.79 Å². The Morgan fingerprint density at radius 1 is 1.44 bits per heavy atom. The number of carboxylic acids is 1. The Kier molecular flexibility index (Phi) is 2.52.